The molecule has 98 valence electrons. The molecule has 0 spiro atoms. The number of thioether (sulfide) groups is 1. The number of nitrogens with zero attached hydrogens (tertiary/aromatic N) is 3. The lowest BCUT2D eigenvalue weighted by molar-refractivity contribution is -0.115. The molecule has 1 amide bonds. The first kappa shape index (κ1) is 13.6. The molecule has 8 heteroatoms. The molecule has 0 aliphatic rings. The highest BCUT2D eigenvalue weighted by molar-refractivity contribution is 8.00. The lowest BCUT2D eigenvalue weighted by atomic mass is 10.3. The normalized spacial score (nSPS) is 11.8. The summed E-state index contributed by atoms with van der Waals surface area (Å²) in [5, 5.41) is 20.8. The van der Waals surface area contributed by atoms with E-state index in [0.717, 1.165) is 0 Å². The molecule has 2 heterocycles. The van der Waals surface area contributed by atoms with Gasteiger partial charge in [0.25, 0.3) is 0 Å². The SMILES string of the molecule is Cc1nc(SC(C)C(=O)Nc2sccc2C#N)n[nH]1. The number of hydrogen-bond acceptors (Lipinski definition) is 6. The number of hydrogen-bond donors (Lipinski definition) is 2. The van der Waals surface area contributed by atoms with Crippen LogP contribution in [-0.2, 0) is 4.79 Å². The lowest BCUT2D eigenvalue weighted by Crippen LogP contribution is -2.22. The highest BCUT2D eigenvalue weighted by atomic mass is 32.2. The third-order valence-electron chi connectivity index (χ3n) is 2.25. The highest BCUT2D eigenvalue weighted by Crippen LogP contribution is 2.25. The molecular weight excluding hydrogens is 282 g/mol. The van der Waals surface area contributed by atoms with Gasteiger partial charge < -0.3 is 5.32 Å². The Bertz CT molecular complexity index is 627. The third kappa shape index (κ3) is 3.33. The van der Waals surface area contributed by atoms with Crippen LogP contribution >= 0.6 is 23.1 Å². The summed E-state index contributed by atoms with van der Waals surface area (Å²) in [7, 11) is 0. The summed E-state index contributed by atoms with van der Waals surface area (Å²) in [6.07, 6.45) is 0. The number of aromatic amines is 1. The van der Waals surface area contributed by atoms with Crippen LogP contribution in [0.3, 0.4) is 0 Å². The quantitative estimate of drug-likeness (QED) is 0.842. The fraction of sp³-hybridized carbons (Fsp3) is 0.273. The minimum Gasteiger partial charge on any atom is -0.316 e. The number of H-pyrrole nitrogens is 1. The van der Waals surface area contributed by atoms with E-state index in [1.54, 1.807) is 25.3 Å². The molecule has 0 saturated carbocycles. The van der Waals surface area contributed by atoms with Crippen molar-refractivity contribution in [2.75, 3.05) is 5.32 Å². The number of nitriles is 1. The van der Waals surface area contributed by atoms with Gasteiger partial charge in [0, 0.05) is 0 Å². The molecule has 19 heavy (non-hydrogen) atoms. The number of carbonyl (C=O) groups is 1. The third-order valence-corrected chi connectivity index (χ3v) is 4.04. The standard InChI is InChI=1S/C11H11N5OS2/c1-6(19-11-13-7(2)15-16-11)9(17)14-10-8(5-12)3-4-18-10/h3-4,6H,1-2H3,(H,14,17)(H,13,15,16). The number of aryl methyl sites for hydroxylation is 1. The second-order valence-electron chi connectivity index (χ2n) is 3.73. The van der Waals surface area contributed by atoms with Crippen LogP contribution < -0.4 is 5.32 Å². The Balaban J connectivity index is 1.98. The van der Waals surface area contributed by atoms with Gasteiger partial charge in [-0.1, -0.05) is 11.8 Å². The van der Waals surface area contributed by atoms with Crippen molar-refractivity contribution in [1.29, 1.82) is 5.26 Å². The van der Waals surface area contributed by atoms with Crippen molar-refractivity contribution in [1.82, 2.24) is 15.2 Å². The van der Waals surface area contributed by atoms with Crippen LogP contribution in [0.5, 0.6) is 0 Å². The van der Waals surface area contributed by atoms with Gasteiger partial charge in [-0.05, 0) is 25.3 Å². The average Bonchev–Trinajstić information content (AvgIpc) is 2.98. The van der Waals surface area contributed by atoms with Crippen LogP contribution in [-0.4, -0.2) is 26.3 Å². The molecule has 2 N–H and O–H groups in total. The first-order chi connectivity index (χ1) is 9.10. The first-order valence-electron chi connectivity index (χ1n) is 5.44. The smallest absolute Gasteiger partial charge is 0.238 e. The van der Waals surface area contributed by atoms with Crippen molar-refractivity contribution >= 4 is 34.0 Å². The molecule has 0 radical (unpaired) electrons. The summed E-state index contributed by atoms with van der Waals surface area (Å²) in [4.78, 5) is 16.1. The van der Waals surface area contributed by atoms with Gasteiger partial charge in [0.05, 0.1) is 10.8 Å². The van der Waals surface area contributed by atoms with Crippen molar-refractivity contribution in [2.24, 2.45) is 0 Å². The molecule has 1 unspecified atom stereocenters. The van der Waals surface area contributed by atoms with E-state index in [-0.39, 0.29) is 11.2 Å². The van der Waals surface area contributed by atoms with Crippen molar-refractivity contribution in [3.8, 4) is 6.07 Å². The van der Waals surface area contributed by atoms with E-state index in [0.29, 0.717) is 21.5 Å². The number of thiophene rings is 1. The fourth-order valence-corrected chi connectivity index (χ4v) is 2.80. The summed E-state index contributed by atoms with van der Waals surface area (Å²) in [5.41, 5.74) is 0.476. The highest BCUT2D eigenvalue weighted by Gasteiger charge is 2.18. The summed E-state index contributed by atoms with van der Waals surface area (Å²) in [6, 6.07) is 3.71. The molecule has 0 aliphatic carbocycles. The minimum atomic E-state index is -0.344. The van der Waals surface area contributed by atoms with Crippen LogP contribution in [0.4, 0.5) is 5.00 Å². The summed E-state index contributed by atoms with van der Waals surface area (Å²) >= 11 is 2.59. The molecule has 2 aromatic rings. The van der Waals surface area contributed by atoms with E-state index >= 15 is 0 Å². The number of amides is 1. The predicted molar refractivity (Wildman–Crippen MR) is 74.1 cm³/mol. The maximum atomic E-state index is 12.0. The summed E-state index contributed by atoms with van der Waals surface area (Å²) in [5.74, 6) is 0.534. The van der Waals surface area contributed by atoms with Gasteiger partial charge in [0.2, 0.25) is 11.1 Å². The Morgan fingerprint density at radius 1 is 1.68 bits per heavy atom. The Hall–Kier alpha value is -1.85. The van der Waals surface area contributed by atoms with Crippen LogP contribution in [0.2, 0.25) is 0 Å². The van der Waals surface area contributed by atoms with E-state index in [4.69, 9.17) is 5.26 Å². The molecule has 0 aliphatic heterocycles. The van der Waals surface area contributed by atoms with Gasteiger partial charge in [-0.15, -0.1) is 16.4 Å². The molecule has 2 rings (SSSR count). The second-order valence-corrected chi connectivity index (χ2v) is 5.95. The Morgan fingerprint density at radius 3 is 3.11 bits per heavy atom. The fourth-order valence-electron chi connectivity index (χ4n) is 1.29. The Kier molecular flexibility index (Phi) is 4.19. The van der Waals surface area contributed by atoms with E-state index in [1.165, 1.54) is 23.1 Å². The Morgan fingerprint density at radius 2 is 2.47 bits per heavy atom. The number of carbonyl (C=O) groups excluding carboxylic acids is 1. The zero-order chi connectivity index (χ0) is 13.8. The van der Waals surface area contributed by atoms with E-state index < -0.39 is 0 Å². The zero-order valence-corrected chi connectivity index (χ0v) is 11.9. The van der Waals surface area contributed by atoms with Gasteiger partial charge in [-0.25, -0.2) is 4.98 Å². The number of aromatic nitrogens is 3. The van der Waals surface area contributed by atoms with Gasteiger partial charge in [-0.2, -0.15) is 5.26 Å². The van der Waals surface area contributed by atoms with Crippen molar-refractivity contribution < 1.29 is 4.79 Å². The van der Waals surface area contributed by atoms with Gasteiger partial charge in [0.15, 0.2) is 0 Å². The number of rotatable bonds is 4. The molecule has 0 aromatic carbocycles. The first-order valence-corrected chi connectivity index (χ1v) is 7.20. The maximum absolute atomic E-state index is 12.0. The monoisotopic (exact) mass is 293 g/mol. The van der Waals surface area contributed by atoms with Crippen molar-refractivity contribution in [3.63, 3.8) is 0 Å². The molecule has 2 aromatic heterocycles. The molecule has 0 fully saturated rings. The van der Waals surface area contributed by atoms with Gasteiger partial charge in [-0.3, -0.25) is 9.89 Å². The maximum Gasteiger partial charge on any atom is 0.238 e. The molecule has 6 nitrogen and oxygen atoms in total. The van der Waals surface area contributed by atoms with Crippen LogP contribution in [0.25, 0.3) is 0 Å². The number of nitrogens with one attached hydrogen (secondary N) is 2. The van der Waals surface area contributed by atoms with Crippen LogP contribution in [0, 0.1) is 18.3 Å². The lowest BCUT2D eigenvalue weighted by Gasteiger charge is -2.08. The molecule has 1 atom stereocenters. The predicted octanol–water partition coefficient (Wildman–Crippen LogP) is 2.17. The van der Waals surface area contributed by atoms with Crippen LogP contribution in [0.15, 0.2) is 16.6 Å². The minimum absolute atomic E-state index is 0.175. The van der Waals surface area contributed by atoms with E-state index in [2.05, 4.69) is 20.5 Å². The van der Waals surface area contributed by atoms with Crippen molar-refractivity contribution in [3.05, 3.63) is 22.8 Å². The largest absolute Gasteiger partial charge is 0.316 e. The zero-order valence-electron chi connectivity index (χ0n) is 10.3. The van der Waals surface area contributed by atoms with Gasteiger partial charge >= 0.3 is 0 Å². The molecule has 0 saturated heterocycles. The van der Waals surface area contributed by atoms with Crippen molar-refractivity contribution in [2.45, 2.75) is 24.3 Å². The molecule has 0 bridgehead atoms. The van der Waals surface area contributed by atoms with Gasteiger partial charge in [0.1, 0.15) is 16.9 Å². The summed E-state index contributed by atoms with van der Waals surface area (Å²) in [6.45, 7) is 3.57. The Labute approximate surface area is 118 Å². The second kappa shape index (κ2) is 5.86. The van der Waals surface area contributed by atoms with E-state index in [1.807, 2.05) is 6.07 Å². The average molecular weight is 293 g/mol. The van der Waals surface area contributed by atoms with E-state index in [9.17, 15) is 4.79 Å². The molecular formula is C11H11N5OS2. The summed E-state index contributed by atoms with van der Waals surface area (Å²) < 4.78 is 0. The van der Waals surface area contributed by atoms with Crippen LogP contribution in [0.1, 0.15) is 18.3 Å². The number of anilines is 1. The topological polar surface area (TPSA) is 94.5 Å².